The van der Waals surface area contributed by atoms with Gasteiger partial charge in [0.15, 0.2) is 11.0 Å². The molecule has 2 aromatic carbocycles. The number of nitrogens with zero attached hydrogens (tertiary/aromatic N) is 4. The van der Waals surface area contributed by atoms with Crippen LogP contribution in [0.5, 0.6) is 0 Å². The summed E-state index contributed by atoms with van der Waals surface area (Å²) >= 11 is 1.46. The van der Waals surface area contributed by atoms with Crippen LogP contribution in [-0.4, -0.2) is 51.6 Å². The summed E-state index contributed by atoms with van der Waals surface area (Å²) in [5.41, 5.74) is 1.75. The van der Waals surface area contributed by atoms with Gasteiger partial charge in [0.2, 0.25) is 10.0 Å². The summed E-state index contributed by atoms with van der Waals surface area (Å²) in [5.74, 6) is 0.839. The van der Waals surface area contributed by atoms with Crippen LogP contribution in [0, 0.1) is 0 Å². The molecule has 33 heavy (non-hydrogen) atoms. The van der Waals surface area contributed by atoms with Crippen LogP contribution in [0.4, 0.5) is 0 Å². The Morgan fingerprint density at radius 2 is 1.82 bits per heavy atom. The van der Waals surface area contributed by atoms with Crippen molar-refractivity contribution in [1.82, 2.24) is 19.1 Å². The number of Topliss-reactive ketones (excluding diaryl/α,β-unsaturated/α-hetero) is 1. The number of thioether (sulfide) groups is 1. The number of hydrogen-bond donors (Lipinski definition) is 0. The van der Waals surface area contributed by atoms with Gasteiger partial charge >= 0.3 is 0 Å². The van der Waals surface area contributed by atoms with E-state index in [1.54, 1.807) is 18.2 Å². The zero-order chi connectivity index (χ0) is 23.4. The number of carbonyl (C=O) groups is 1. The Morgan fingerprint density at radius 1 is 1.06 bits per heavy atom. The van der Waals surface area contributed by atoms with Crippen LogP contribution >= 0.6 is 11.8 Å². The van der Waals surface area contributed by atoms with E-state index in [1.807, 2.05) is 54.8 Å². The van der Waals surface area contributed by atoms with Crippen LogP contribution in [0.1, 0.15) is 38.7 Å². The molecule has 1 atom stereocenters. The molecule has 9 heteroatoms. The topological polar surface area (TPSA) is 85.2 Å². The molecule has 3 aromatic rings. The van der Waals surface area contributed by atoms with Gasteiger partial charge in [-0.25, -0.2) is 8.42 Å². The van der Waals surface area contributed by atoms with Crippen molar-refractivity contribution in [2.24, 2.45) is 0 Å². The predicted molar refractivity (Wildman–Crippen MR) is 130 cm³/mol. The molecule has 7 nitrogen and oxygen atoms in total. The van der Waals surface area contributed by atoms with E-state index in [0.29, 0.717) is 42.6 Å². The maximum atomic E-state index is 13.1. The zero-order valence-electron chi connectivity index (χ0n) is 18.8. The molecule has 4 rings (SSSR count). The van der Waals surface area contributed by atoms with E-state index in [4.69, 9.17) is 0 Å². The average Bonchev–Trinajstić information content (AvgIpc) is 3.41. The lowest BCUT2D eigenvalue weighted by atomic mass is 10.2. The second-order valence-corrected chi connectivity index (χ2v) is 11.1. The van der Waals surface area contributed by atoms with Crippen molar-refractivity contribution in [3.05, 3.63) is 60.2 Å². The fourth-order valence-corrected chi connectivity index (χ4v) is 6.70. The molecule has 1 heterocycles. The van der Waals surface area contributed by atoms with Crippen LogP contribution in [0.2, 0.25) is 0 Å². The Balaban J connectivity index is 1.75. The molecule has 0 aliphatic heterocycles. The van der Waals surface area contributed by atoms with Gasteiger partial charge in [-0.05, 0) is 30.5 Å². The first kappa shape index (κ1) is 23.7. The minimum atomic E-state index is -3.60. The van der Waals surface area contributed by atoms with Gasteiger partial charge < -0.3 is 0 Å². The van der Waals surface area contributed by atoms with E-state index >= 15 is 0 Å². The van der Waals surface area contributed by atoms with Crippen LogP contribution in [0.25, 0.3) is 11.4 Å². The van der Waals surface area contributed by atoms with Gasteiger partial charge in [0.1, 0.15) is 5.78 Å². The van der Waals surface area contributed by atoms with E-state index in [2.05, 4.69) is 10.2 Å². The number of benzene rings is 2. The molecule has 1 aliphatic carbocycles. The number of rotatable bonds is 9. The highest BCUT2D eigenvalue weighted by atomic mass is 32.2. The van der Waals surface area contributed by atoms with Crippen molar-refractivity contribution in [1.29, 1.82) is 0 Å². The lowest BCUT2D eigenvalue weighted by Crippen LogP contribution is -2.30. The molecule has 0 spiro atoms. The third-order valence-electron chi connectivity index (χ3n) is 5.83. The number of hydrogen-bond acceptors (Lipinski definition) is 6. The van der Waals surface area contributed by atoms with Gasteiger partial charge in [-0.2, -0.15) is 4.31 Å². The fourth-order valence-electron chi connectivity index (χ4n) is 4.04. The Bertz CT molecular complexity index is 1220. The van der Waals surface area contributed by atoms with Gasteiger partial charge in [0.25, 0.3) is 0 Å². The molecular formula is C24H28N4O3S2. The summed E-state index contributed by atoms with van der Waals surface area (Å²) in [6, 6.07) is 16.8. The van der Waals surface area contributed by atoms with Gasteiger partial charge in [-0.1, -0.05) is 68.1 Å². The van der Waals surface area contributed by atoms with Crippen molar-refractivity contribution in [3.63, 3.8) is 0 Å². The van der Waals surface area contributed by atoms with Crippen molar-refractivity contribution < 1.29 is 13.2 Å². The number of ketones is 1. The first-order chi connectivity index (χ1) is 15.9. The van der Waals surface area contributed by atoms with Gasteiger partial charge in [-0.15, -0.1) is 10.2 Å². The second-order valence-electron chi connectivity index (χ2n) is 7.96. The molecule has 0 saturated heterocycles. The number of sulfonamides is 1. The van der Waals surface area contributed by atoms with Crippen LogP contribution in [0.3, 0.4) is 0 Å². The molecule has 0 radical (unpaired) electrons. The molecule has 1 aromatic heterocycles. The summed E-state index contributed by atoms with van der Waals surface area (Å²) in [4.78, 5) is 12.5. The Morgan fingerprint density at radius 3 is 2.48 bits per heavy atom. The van der Waals surface area contributed by atoms with Crippen LogP contribution < -0.4 is 0 Å². The summed E-state index contributed by atoms with van der Waals surface area (Å²) in [5, 5.41) is 9.41. The Labute approximate surface area is 199 Å². The maximum absolute atomic E-state index is 13.1. The largest absolute Gasteiger partial charge is 0.298 e. The van der Waals surface area contributed by atoms with Crippen LogP contribution in [-0.2, 0) is 21.4 Å². The third-order valence-corrected chi connectivity index (χ3v) is 9.17. The lowest BCUT2D eigenvalue weighted by Gasteiger charge is -2.19. The molecule has 0 N–H and O–H groups in total. The van der Waals surface area contributed by atoms with Gasteiger partial charge in [-0.3, -0.25) is 9.36 Å². The van der Waals surface area contributed by atoms with E-state index < -0.39 is 10.0 Å². The van der Waals surface area contributed by atoms with Crippen LogP contribution in [0.15, 0.2) is 64.6 Å². The van der Waals surface area contributed by atoms with E-state index in [-0.39, 0.29) is 15.9 Å². The SMILES string of the molecule is CCN(CC)S(=O)(=O)c1cccc(-c2nnc(S[C@@H]3CCCC3=O)n2Cc2ccccc2)c1. The van der Waals surface area contributed by atoms with Gasteiger partial charge in [0.05, 0.1) is 16.7 Å². The summed E-state index contributed by atoms with van der Waals surface area (Å²) < 4.78 is 29.6. The molecular weight excluding hydrogens is 456 g/mol. The summed E-state index contributed by atoms with van der Waals surface area (Å²) in [6.07, 6.45) is 2.36. The monoisotopic (exact) mass is 484 g/mol. The first-order valence-electron chi connectivity index (χ1n) is 11.2. The lowest BCUT2D eigenvalue weighted by molar-refractivity contribution is -0.116. The quantitative estimate of drug-likeness (QED) is 0.452. The molecule has 0 unspecified atom stereocenters. The molecule has 1 aliphatic rings. The average molecular weight is 485 g/mol. The van der Waals surface area contributed by atoms with Crippen molar-refractivity contribution in [3.8, 4) is 11.4 Å². The highest BCUT2D eigenvalue weighted by Gasteiger charge is 2.29. The zero-order valence-corrected chi connectivity index (χ0v) is 20.5. The Hall–Kier alpha value is -2.49. The highest BCUT2D eigenvalue weighted by molar-refractivity contribution is 8.00. The van der Waals surface area contributed by atoms with E-state index in [1.165, 1.54) is 16.1 Å². The summed E-state index contributed by atoms with van der Waals surface area (Å²) in [7, 11) is -3.60. The van der Waals surface area contributed by atoms with Crippen molar-refractivity contribution >= 4 is 27.6 Å². The molecule has 1 saturated carbocycles. The number of carbonyl (C=O) groups excluding carboxylic acids is 1. The second kappa shape index (κ2) is 10.2. The first-order valence-corrected chi connectivity index (χ1v) is 13.5. The van der Waals surface area contributed by atoms with Crippen molar-refractivity contribution in [2.75, 3.05) is 13.1 Å². The van der Waals surface area contributed by atoms with Gasteiger partial charge in [0, 0.05) is 25.1 Å². The normalized spacial score (nSPS) is 16.6. The smallest absolute Gasteiger partial charge is 0.243 e. The minimum Gasteiger partial charge on any atom is -0.298 e. The third kappa shape index (κ3) is 5.05. The van der Waals surface area contributed by atoms with E-state index in [0.717, 1.165) is 18.4 Å². The molecule has 174 valence electrons. The van der Waals surface area contributed by atoms with Crippen molar-refractivity contribution in [2.45, 2.75) is 55.0 Å². The number of aromatic nitrogens is 3. The molecule has 1 fully saturated rings. The highest BCUT2D eigenvalue weighted by Crippen LogP contribution is 2.34. The summed E-state index contributed by atoms with van der Waals surface area (Å²) in [6.45, 7) is 5.00. The standard InChI is InChI=1S/C24H28N4O3S2/c1-3-27(4-2)33(30,31)20-13-8-12-19(16-20)23-25-26-24(32-22-15-9-14-21(22)29)28(23)17-18-10-6-5-7-11-18/h5-8,10-13,16,22H,3-4,9,14-15,17H2,1-2H3/t22-/m1/s1. The predicted octanol–water partition coefficient (Wildman–Crippen LogP) is 4.24. The van der Waals surface area contributed by atoms with E-state index in [9.17, 15) is 13.2 Å². The fraction of sp³-hybridized carbons (Fsp3) is 0.375. The molecule has 0 amide bonds. The maximum Gasteiger partial charge on any atom is 0.243 e. The molecule has 0 bridgehead atoms. The minimum absolute atomic E-state index is 0.106. The Kier molecular flexibility index (Phi) is 7.31.